The van der Waals surface area contributed by atoms with Crippen LogP contribution in [0.5, 0.6) is 11.5 Å². The van der Waals surface area contributed by atoms with E-state index >= 15 is 0 Å². The predicted octanol–water partition coefficient (Wildman–Crippen LogP) is 9.41. The summed E-state index contributed by atoms with van der Waals surface area (Å²) in [4.78, 5) is 15.6. The molecule has 1 saturated heterocycles. The number of rotatable bonds is 15. The van der Waals surface area contributed by atoms with Gasteiger partial charge in [0.15, 0.2) is 11.5 Å². The van der Waals surface area contributed by atoms with E-state index in [1.807, 2.05) is 0 Å². The minimum atomic E-state index is -0.621. The number of carbonyl (C=O) groups excluding carboxylic acids is 1. The first kappa shape index (κ1) is 39.3. The molecule has 4 aromatic rings. The Balaban J connectivity index is 0.00000523. The number of hydrogen-bond acceptors (Lipinski definition) is 4. The highest BCUT2D eigenvalue weighted by Gasteiger charge is 2.42. The summed E-state index contributed by atoms with van der Waals surface area (Å²) in [5.74, 6) is 0.273. The highest BCUT2D eigenvalue weighted by molar-refractivity contribution is 5.85. The molecule has 1 heterocycles. The number of methoxy groups -OCH3 is 2. The monoisotopic (exact) mass is 730 g/mol. The third-order valence-corrected chi connectivity index (χ3v) is 11.4. The maximum Gasteiger partial charge on any atom is 0.220 e. The fourth-order valence-corrected chi connectivity index (χ4v) is 8.83. The van der Waals surface area contributed by atoms with E-state index in [4.69, 9.17) is 9.47 Å². The maximum absolute atomic E-state index is 13.6. The van der Waals surface area contributed by atoms with Crippen molar-refractivity contribution in [3.8, 4) is 11.5 Å². The number of benzene rings is 4. The molecule has 0 aromatic heterocycles. The van der Waals surface area contributed by atoms with E-state index in [1.54, 1.807) is 14.2 Å². The van der Waals surface area contributed by atoms with Crippen molar-refractivity contribution in [2.75, 3.05) is 33.9 Å². The minimum Gasteiger partial charge on any atom is -0.493 e. The normalized spacial score (nSPS) is 17.2. The third kappa shape index (κ3) is 9.16. The number of aryl methyl sites for hydroxylation is 2. The lowest BCUT2D eigenvalue weighted by Gasteiger charge is -2.50. The number of nitrogens with zero attached hydrogens (tertiary/aromatic N) is 1. The van der Waals surface area contributed by atoms with Gasteiger partial charge in [0.2, 0.25) is 5.91 Å². The molecule has 1 atom stereocenters. The number of likely N-dealkylation sites (tertiary alicyclic amines) is 1. The summed E-state index contributed by atoms with van der Waals surface area (Å²) >= 11 is 0. The molecule has 1 aliphatic heterocycles. The van der Waals surface area contributed by atoms with Gasteiger partial charge in [0.1, 0.15) is 11.6 Å². The van der Waals surface area contributed by atoms with Gasteiger partial charge in [-0.2, -0.15) is 0 Å². The van der Waals surface area contributed by atoms with Crippen molar-refractivity contribution in [2.45, 2.75) is 88.0 Å². The van der Waals surface area contributed by atoms with Crippen molar-refractivity contribution < 1.29 is 23.0 Å². The molecule has 0 radical (unpaired) electrons. The van der Waals surface area contributed by atoms with Gasteiger partial charge in [-0.3, -0.25) is 9.69 Å². The molecule has 5 nitrogen and oxygen atoms in total. The van der Waals surface area contributed by atoms with E-state index in [0.717, 1.165) is 75.6 Å². The molecule has 8 heteroatoms. The number of ether oxygens (including phenoxy) is 2. The van der Waals surface area contributed by atoms with Crippen LogP contribution >= 0.6 is 12.4 Å². The van der Waals surface area contributed by atoms with Gasteiger partial charge in [0.05, 0.1) is 14.2 Å². The van der Waals surface area contributed by atoms with Gasteiger partial charge in [-0.1, -0.05) is 67.1 Å². The summed E-state index contributed by atoms with van der Waals surface area (Å²) in [6.07, 6.45) is 11.2. The molecular weight excluding hydrogens is 678 g/mol. The zero-order valence-corrected chi connectivity index (χ0v) is 31.4. The molecule has 2 aliphatic rings. The SMILES string of the molecule is COc1cc2c(cc1OC)CC1(CCCCN1CCCC(CCCNC(=O)CCc1cc(F)cc(F)c1)(c1ccccc1)c1ccccc1)CC2.Cl. The summed E-state index contributed by atoms with van der Waals surface area (Å²) in [7, 11) is 3.42. The lowest BCUT2D eigenvalue weighted by Crippen LogP contribution is -2.55. The fourth-order valence-electron chi connectivity index (χ4n) is 8.83. The van der Waals surface area contributed by atoms with Crippen LogP contribution in [0.2, 0.25) is 0 Å². The number of carbonyl (C=O) groups is 1. The van der Waals surface area contributed by atoms with Gasteiger partial charge in [-0.25, -0.2) is 8.78 Å². The van der Waals surface area contributed by atoms with Gasteiger partial charge in [-0.15, -0.1) is 12.4 Å². The average Bonchev–Trinajstić information content (AvgIpc) is 3.15. The van der Waals surface area contributed by atoms with Crippen molar-refractivity contribution in [3.63, 3.8) is 0 Å². The first-order valence-corrected chi connectivity index (χ1v) is 18.7. The highest BCUT2D eigenvalue weighted by atomic mass is 35.5. The summed E-state index contributed by atoms with van der Waals surface area (Å²) < 4.78 is 38.6. The van der Waals surface area contributed by atoms with E-state index in [1.165, 1.54) is 53.6 Å². The Morgan fingerprint density at radius 3 is 2.06 bits per heavy atom. The molecule has 278 valence electrons. The van der Waals surface area contributed by atoms with Crippen LogP contribution in [-0.2, 0) is 29.5 Å². The zero-order valence-electron chi connectivity index (χ0n) is 30.6. The first-order chi connectivity index (χ1) is 24.8. The van der Waals surface area contributed by atoms with Crippen molar-refractivity contribution in [1.82, 2.24) is 10.2 Å². The Hall–Kier alpha value is -3.94. The predicted molar refractivity (Wildman–Crippen MR) is 207 cm³/mol. The topological polar surface area (TPSA) is 50.8 Å². The van der Waals surface area contributed by atoms with Crippen LogP contribution in [-0.4, -0.2) is 50.2 Å². The van der Waals surface area contributed by atoms with Gasteiger partial charge in [-0.05, 0) is 129 Å². The lowest BCUT2D eigenvalue weighted by molar-refractivity contribution is -0.121. The van der Waals surface area contributed by atoms with Crippen molar-refractivity contribution >= 4 is 18.3 Å². The second kappa shape index (κ2) is 18.2. The van der Waals surface area contributed by atoms with Crippen LogP contribution < -0.4 is 14.8 Å². The van der Waals surface area contributed by atoms with Gasteiger partial charge >= 0.3 is 0 Å². The van der Waals surface area contributed by atoms with E-state index in [2.05, 4.69) is 83.0 Å². The molecule has 1 unspecified atom stereocenters. The van der Waals surface area contributed by atoms with Crippen molar-refractivity contribution in [3.05, 3.63) is 130 Å². The van der Waals surface area contributed by atoms with E-state index in [9.17, 15) is 13.6 Å². The largest absolute Gasteiger partial charge is 0.493 e. The third-order valence-electron chi connectivity index (χ3n) is 11.4. The van der Waals surface area contributed by atoms with Crippen LogP contribution in [0.4, 0.5) is 8.78 Å². The molecule has 0 bridgehead atoms. The maximum atomic E-state index is 13.6. The first-order valence-electron chi connectivity index (χ1n) is 18.7. The molecule has 6 rings (SSSR count). The minimum absolute atomic E-state index is 0. The molecule has 1 fully saturated rings. The molecule has 1 amide bonds. The van der Waals surface area contributed by atoms with Gasteiger partial charge < -0.3 is 14.8 Å². The van der Waals surface area contributed by atoms with E-state index in [-0.39, 0.29) is 35.7 Å². The molecule has 1 N–H and O–H groups in total. The molecule has 52 heavy (non-hydrogen) atoms. The standard InChI is InChI=1S/C44H52F2N2O3.ClH/c1-50-40-29-34-19-23-43(32-35(34)30-41(40)51-2)20-9-10-25-48(43)26-12-22-44(36-13-5-3-6-14-36,37-15-7-4-8-16-37)21-11-24-47-42(49)18-17-33-27-38(45)31-39(46)28-33;/h3-8,13-16,27-31H,9-12,17-26,32H2,1-2H3,(H,47,49);1H. The quantitative estimate of drug-likeness (QED) is 0.124. The zero-order chi connectivity index (χ0) is 35.7. The fraction of sp³-hybridized carbons (Fsp3) is 0.432. The number of piperidine rings is 1. The van der Waals surface area contributed by atoms with Gasteiger partial charge in [0, 0.05) is 30.0 Å². The number of fused-ring (bicyclic) bond motifs is 1. The Morgan fingerprint density at radius 1 is 0.808 bits per heavy atom. The number of nitrogens with one attached hydrogen (secondary N) is 1. The molecule has 1 spiro atoms. The average molecular weight is 731 g/mol. The molecule has 0 saturated carbocycles. The van der Waals surface area contributed by atoms with E-state index < -0.39 is 11.6 Å². The van der Waals surface area contributed by atoms with E-state index in [0.29, 0.717) is 18.5 Å². The Kier molecular flexibility index (Phi) is 13.7. The smallest absolute Gasteiger partial charge is 0.220 e. The summed E-state index contributed by atoms with van der Waals surface area (Å²) in [5.41, 5.74) is 5.81. The molecule has 1 aliphatic carbocycles. The van der Waals surface area contributed by atoms with Crippen LogP contribution in [0.1, 0.15) is 85.6 Å². The Bertz CT molecular complexity index is 1700. The van der Waals surface area contributed by atoms with Crippen molar-refractivity contribution in [2.24, 2.45) is 0 Å². The van der Waals surface area contributed by atoms with Crippen LogP contribution in [0.25, 0.3) is 0 Å². The van der Waals surface area contributed by atoms with Crippen molar-refractivity contribution in [1.29, 1.82) is 0 Å². The summed E-state index contributed by atoms with van der Waals surface area (Å²) in [6, 6.07) is 29.5. The summed E-state index contributed by atoms with van der Waals surface area (Å²) in [5, 5.41) is 3.08. The molecular formula is C44H53ClF2N2O3. The highest BCUT2D eigenvalue weighted by Crippen LogP contribution is 2.45. The number of halogens is 3. The van der Waals surface area contributed by atoms with Crippen LogP contribution in [0, 0.1) is 11.6 Å². The van der Waals surface area contributed by atoms with Crippen LogP contribution in [0.3, 0.4) is 0 Å². The Morgan fingerprint density at radius 2 is 1.42 bits per heavy atom. The molecule has 4 aromatic carbocycles. The van der Waals surface area contributed by atoms with Crippen LogP contribution in [0.15, 0.2) is 91.0 Å². The lowest BCUT2D eigenvalue weighted by atomic mass is 9.68. The Labute approximate surface area is 314 Å². The van der Waals surface area contributed by atoms with Gasteiger partial charge in [0.25, 0.3) is 0 Å². The summed E-state index contributed by atoms with van der Waals surface area (Å²) in [6.45, 7) is 2.71. The second-order valence-corrected chi connectivity index (χ2v) is 14.5. The second-order valence-electron chi connectivity index (χ2n) is 14.5. The number of hydrogen-bond donors (Lipinski definition) is 1. The number of amides is 1.